The summed E-state index contributed by atoms with van der Waals surface area (Å²) in [6.07, 6.45) is 1.83. The first-order chi connectivity index (χ1) is 13.2. The van der Waals surface area contributed by atoms with Crippen LogP contribution in [0.3, 0.4) is 0 Å². The molecule has 0 spiro atoms. The van der Waals surface area contributed by atoms with Gasteiger partial charge in [0.05, 0.1) is 20.8 Å². The minimum Gasteiger partial charge on any atom is -0.497 e. The van der Waals surface area contributed by atoms with Crippen molar-refractivity contribution in [2.75, 3.05) is 26.5 Å². The van der Waals surface area contributed by atoms with Crippen LogP contribution in [0.15, 0.2) is 66.2 Å². The van der Waals surface area contributed by atoms with E-state index < -0.39 is 0 Å². The topological polar surface area (TPSA) is 34.1 Å². The summed E-state index contributed by atoms with van der Waals surface area (Å²) in [4.78, 5) is 7.04. The predicted octanol–water partition coefficient (Wildman–Crippen LogP) is 5.00. The highest BCUT2D eigenvalue weighted by atomic mass is 32.2. The summed E-state index contributed by atoms with van der Waals surface area (Å²) in [6, 6.07) is 16.4. The number of hydrogen-bond acceptors (Lipinski definition) is 4. The Morgan fingerprint density at radius 1 is 0.963 bits per heavy atom. The maximum absolute atomic E-state index is 5.27. The maximum Gasteiger partial charge on any atom is 0.160 e. The van der Waals surface area contributed by atoms with Gasteiger partial charge in [-0.25, -0.2) is 0 Å². The molecule has 0 bridgehead atoms. The lowest BCUT2D eigenvalue weighted by molar-refractivity contribution is 0.405. The number of rotatable bonds is 9. The average Bonchev–Trinajstić information content (AvgIpc) is 2.71. The Kier molecular flexibility index (Phi) is 8.78. The molecule has 4 nitrogen and oxygen atoms in total. The second-order valence-corrected chi connectivity index (χ2v) is 7.13. The standard InChI is InChI=1S/C22H28N2O2S/c1-5-15-23-22(27-6-2)24(16-18-7-11-20(25-3)12-8-18)17-19-9-13-21(26-4)14-10-19/h5,7-14H,1,6,15-17H2,2-4H3. The lowest BCUT2D eigenvalue weighted by atomic mass is 10.1. The van der Waals surface area contributed by atoms with Crippen molar-refractivity contribution in [1.82, 2.24) is 4.90 Å². The number of benzene rings is 2. The SMILES string of the molecule is C=CCN=C(SCC)N(Cc1ccc(OC)cc1)Cc1ccc(OC)cc1. The highest BCUT2D eigenvalue weighted by Crippen LogP contribution is 2.20. The molecule has 2 aromatic carbocycles. The Hall–Kier alpha value is -2.40. The number of ether oxygens (including phenoxy) is 2. The second kappa shape index (κ2) is 11.3. The Balaban J connectivity index is 2.25. The molecule has 0 amide bonds. The fraction of sp³-hybridized carbons (Fsp3) is 0.318. The first-order valence-corrected chi connectivity index (χ1v) is 9.97. The van der Waals surface area contributed by atoms with Gasteiger partial charge in [-0.05, 0) is 41.1 Å². The normalized spacial score (nSPS) is 11.1. The predicted molar refractivity (Wildman–Crippen MR) is 116 cm³/mol. The minimum atomic E-state index is 0.615. The van der Waals surface area contributed by atoms with Crippen LogP contribution in [0.4, 0.5) is 0 Å². The Bertz CT molecular complexity index is 677. The van der Waals surface area contributed by atoms with Crippen molar-refractivity contribution in [2.24, 2.45) is 4.99 Å². The zero-order valence-corrected chi connectivity index (χ0v) is 17.2. The summed E-state index contributed by atoms with van der Waals surface area (Å²) in [5.74, 6) is 2.70. The van der Waals surface area contributed by atoms with Gasteiger partial charge >= 0.3 is 0 Å². The van der Waals surface area contributed by atoms with E-state index in [1.165, 1.54) is 11.1 Å². The largest absolute Gasteiger partial charge is 0.497 e. The van der Waals surface area contributed by atoms with Crippen LogP contribution >= 0.6 is 11.8 Å². The monoisotopic (exact) mass is 384 g/mol. The molecule has 0 N–H and O–H groups in total. The molecular formula is C22H28N2O2S. The highest BCUT2D eigenvalue weighted by Gasteiger charge is 2.13. The van der Waals surface area contributed by atoms with Crippen molar-refractivity contribution in [3.05, 3.63) is 72.3 Å². The van der Waals surface area contributed by atoms with Gasteiger partial charge in [0.15, 0.2) is 5.17 Å². The van der Waals surface area contributed by atoms with Crippen molar-refractivity contribution in [2.45, 2.75) is 20.0 Å². The number of hydrogen-bond donors (Lipinski definition) is 0. The minimum absolute atomic E-state index is 0.615. The van der Waals surface area contributed by atoms with Crippen LogP contribution in [0.2, 0.25) is 0 Å². The van der Waals surface area contributed by atoms with Crippen LogP contribution in [0.5, 0.6) is 11.5 Å². The molecule has 0 saturated heterocycles. The average molecular weight is 385 g/mol. The first kappa shape index (κ1) is 20.9. The van der Waals surface area contributed by atoms with E-state index in [2.05, 4.69) is 42.7 Å². The maximum atomic E-state index is 5.27. The third kappa shape index (κ3) is 6.68. The van der Waals surface area contributed by atoms with Gasteiger partial charge in [-0.15, -0.1) is 6.58 Å². The van der Waals surface area contributed by atoms with E-state index in [-0.39, 0.29) is 0 Å². The summed E-state index contributed by atoms with van der Waals surface area (Å²) in [5, 5.41) is 1.03. The van der Waals surface area contributed by atoms with Crippen LogP contribution in [-0.2, 0) is 13.1 Å². The van der Waals surface area contributed by atoms with Gasteiger partial charge in [-0.2, -0.15) is 0 Å². The molecule has 0 saturated carbocycles. The molecule has 0 heterocycles. The van der Waals surface area contributed by atoms with Crippen molar-refractivity contribution in [3.8, 4) is 11.5 Å². The first-order valence-electron chi connectivity index (χ1n) is 8.99. The number of nitrogens with zero attached hydrogens (tertiary/aromatic N) is 2. The van der Waals surface area contributed by atoms with Gasteiger partial charge in [-0.1, -0.05) is 49.0 Å². The molecule has 0 aliphatic heterocycles. The third-order valence-electron chi connectivity index (χ3n) is 3.96. The molecule has 0 radical (unpaired) electrons. The van der Waals surface area contributed by atoms with Crippen molar-refractivity contribution in [3.63, 3.8) is 0 Å². The number of amidine groups is 1. The summed E-state index contributed by atoms with van der Waals surface area (Å²) in [7, 11) is 3.37. The van der Waals surface area contributed by atoms with Gasteiger partial charge in [0.2, 0.25) is 0 Å². The molecule has 144 valence electrons. The van der Waals surface area contributed by atoms with Gasteiger partial charge in [-0.3, -0.25) is 4.99 Å². The molecular weight excluding hydrogens is 356 g/mol. The molecule has 0 atom stereocenters. The number of methoxy groups -OCH3 is 2. The lowest BCUT2D eigenvalue weighted by Gasteiger charge is -2.26. The molecule has 2 aromatic rings. The van der Waals surface area contributed by atoms with Crippen LogP contribution in [0.25, 0.3) is 0 Å². The van der Waals surface area contributed by atoms with Gasteiger partial charge in [0, 0.05) is 13.1 Å². The summed E-state index contributed by atoms with van der Waals surface area (Å²) in [5.41, 5.74) is 2.43. The molecule has 5 heteroatoms. The Morgan fingerprint density at radius 3 is 1.81 bits per heavy atom. The van der Waals surface area contributed by atoms with Crippen LogP contribution in [-0.4, -0.2) is 36.6 Å². The Morgan fingerprint density at radius 2 is 1.44 bits per heavy atom. The van der Waals surface area contributed by atoms with Crippen molar-refractivity contribution in [1.29, 1.82) is 0 Å². The van der Waals surface area contributed by atoms with E-state index in [0.717, 1.165) is 35.5 Å². The molecule has 0 aliphatic rings. The van der Waals surface area contributed by atoms with E-state index in [1.807, 2.05) is 30.3 Å². The molecule has 0 aromatic heterocycles. The van der Waals surface area contributed by atoms with Crippen molar-refractivity contribution >= 4 is 16.9 Å². The van der Waals surface area contributed by atoms with Gasteiger partial charge in [0.25, 0.3) is 0 Å². The summed E-state index contributed by atoms with van der Waals surface area (Å²) < 4.78 is 10.5. The van der Waals surface area contributed by atoms with E-state index in [4.69, 9.17) is 14.5 Å². The summed E-state index contributed by atoms with van der Waals surface area (Å²) >= 11 is 1.76. The van der Waals surface area contributed by atoms with Crippen LogP contribution in [0, 0.1) is 0 Å². The number of thioether (sulfide) groups is 1. The lowest BCUT2D eigenvalue weighted by Crippen LogP contribution is -2.28. The van der Waals surface area contributed by atoms with Crippen LogP contribution < -0.4 is 9.47 Å². The smallest absolute Gasteiger partial charge is 0.160 e. The highest BCUT2D eigenvalue weighted by molar-refractivity contribution is 8.13. The van der Waals surface area contributed by atoms with E-state index in [1.54, 1.807) is 26.0 Å². The van der Waals surface area contributed by atoms with E-state index in [9.17, 15) is 0 Å². The quantitative estimate of drug-likeness (QED) is 0.346. The summed E-state index contributed by atoms with van der Waals surface area (Å²) in [6.45, 7) is 8.11. The fourth-order valence-corrected chi connectivity index (χ4v) is 3.34. The number of aliphatic imine (C=N–C) groups is 1. The third-order valence-corrected chi connectivity index (χ3v) is 4.90. The van der Waals surface area contributed by atoms with E-state index in [0.29, 0.717) is 6.54 Å². The van der Waals surface area contributed by atoms with Crippen LogP contribution in [0.1, 0.15) is 18.1 Å². The zero-order valence-electron chi connectivity index (χ0n) is 16.4. The molecule has 0 unspecified atom stereocenters. The molecule has 27 heavy (non-hydrogen) atoms. The molecule has 0 fully saturated rings. The Labute approximate surface area is 166 Å². The van der Waals surface area contributed by atoms with Gasteiger partial charge in [0.1, 0.15) is 11.5 Å². The molecule has 0 aliphatic carbocycles. The van der Waals surface area contributed by atoms with E-state index >= 15 is 0 Å². The molecule has 2 rings (SSSR count). The fourth-order valence-electron chi connectivity index (χ4n) is 2.60. The zero-order chi connectivity index (χ0) is 19.5. The van der Waals surface area contributed by atoms with Crippen molar-refractivity contribution < 1.29 is 9.47 Å². The second-order valence-electron chi connectivity index (χ2n) is 5.90. The van der Waals surface area contributed by atoms with Gasteiger partial charge < -0.3 is 14.4 Å².